The zero-order chi connectivity index (χ0) is 7.40. The molecule has 0 aromatic rings. The second-order valence-corrected chi connectivity index (χ2v) is 2.71. The molecule has 0 aromatic heterocycles. The summed E-state index contributed by atoms with van der Waals surface area (Å²) >= 11 is 0. The molecule has 0 amide bonds. The molecule has 0 saturated carbocycles. The average Bonchev–Trinajstić information content (AvgIpc) is 1.94. The monoisotopic (exact) mass is 142 g/mol. The van der Waals surface area contributed by atoms with Gasteiger partial charge in [-0.3, -0.25) is 4.90 Å². The van der Waals surface area contributed by atoms with Gasteiger partial charge in [0.2, 0.25) is 0 Å². The first-order chi connectivity index (χ1) is 4.84. The van der Waals surface area contributed by atoms with Gasteiger partial charge in [-0.1, -0.05) is 0 Å². The lowest BCUT2D eigenvalue weighted by Gasteiger charge is -2.32. The van der Waals surface area contributed by atoms with E-state index in [0.717, 1.165) is 25.9 Å². The van der Waals surface area contributed by atoms with Crippen LogP contribution in [0.2, 0.25) is 0 Å². The molecule has 1 fully saturated rings. The van der Waals surface area contributed by atoms with E-state index in [4.69, 9.17) is 0 Å². The third-order valence-corrected chi connectivity index (χ3v) is 1.95. The Morgan fingerprint density at radius 2 is 2.60 bits per heavy atom. The van der Waals surface area contributed by atoms with Crippen LogP contribution in [0.4, 0.5) is 0 Å². The Bertz CT molecular complexity index is 116. The number of hydrogen-bond acceptors (Lipinski definition) is 3. The van der Waals surface area contributed by atoms with Crippen molar-refractivity contribution in [3.8, 4) is 0 Å². The highest BCUT2D eigenvalue weighted by atomic mass is 16.1. The smallest absolute Gasteiger partial charge is 0.133 e. The summed E-state index contributed by atoms with van der Waals surface area (Å²) in [7, 11) is 0. The van der Waals surface area contributed by atoms with Crippen molar-refractivity contribution in [3.63, 3.8) is 0 Å². The van der Waals surface area contributed by atoms with E-state index in [1.807, 2.05) is 0 Å². The van der Waals surface area contributed by atoms with Crippen molar-refractivity contribution in [2.24, 2.45) is 0 Å². The molecule has 1 heterocycles. The molecule has 0 aliphatic carbocycles. The highest BCUT2D eigenvalue weighted by molar-refractivity contribution is 5.52. The van der Waals surface area contributed by atoms with Gasteiger partial charge in [-0.2, -0.15) is 0 Å². The molecule has 10 heavy (non-hydrogen) atoms. The Labute approximate surface area is 61.4 Å². The molecule has 1 aliphatic rings. The van der Waals surface area contributed by atoms with Crippen molar-refractivity contribution in [2.75, 3.05) is 26.2 Å². The van der Waals surface area contributed by atoms with Crippen molar-refractivity contribution in [1.29, 1.82) is 0 Å². The van der Waals surface area contributed by atoms with Gasteiger partial charge in [0.1, 0.15) is 6.29 Å². The van der Waals surface area contributed by atoms with Gasteiger partial charge in [0, 0.05) is 25.7 Å². The number of carbonyl (C=O) groups is 1. The van der Waals surface area contributed by atoms with E-state index >= 15 is 0 Å². The first kappa shape index (κ1) is 7.69. The maximum absolute atomic E-state index is 10.2. The summed E-state index contributed by atoms with van der Waals surface area (Å²) in [6.07, 6.45) is 0.974. The lowest BCUT2D eigenvalue weighted by Crippen LogP contribution is -2.50. The number of nitrogens with zero attached hydrogens (tertiary/aromatic N) is 1. The lowest BCUT2D eigenvalue weighted by molar-refractivity contribution is -0.109. The first-order valence-corrected chi connectivity index (χ1v) is 3.73. The highest BCUT2D eigenvalue weighted by Crippen LogP contribution is 1.99. The normalized spacial score (nSPS) is 28.3. The summed E-state index contributed by atoms with van der Waals surface area (Å²) < 4.78 is 0. The van der Waals surface area contributed by atoms with Crippen LogP contribution in [-0.4, -0.2) is 43.4 Å². The molecule has 3 heteroatoms. The Kier molecular flexibility index (Phi) is 2.83. The summed E-state index contributed by atoms with van der Waals surface area (Å²) in [5.74, 6) is 0. The predicted octanol–water partition coefficient (Wildman–Crippen LogP) is -0.521. The standard InChI is InChI=1S/C7H14N2O/c1-7-6-8-2-3-9(7)4-5-10/h5,7-8H,2-4,6H2,1H3/t7-/m1/s1. The van der Waals surface area contributed by atoms with Crippen molar-refractivity contribution < 1.29 is 4.79 Å². The molecule has 0 aromatic carbocycles. The average molecular weight is 142 g/mol. The van der Waals surface area contributed by atoms with Crippen molar-refractivity contribution >= 4 is 6.29 Å². The van der Waals surface area contributed by atoms with Crippen molar-refractivity contribution in [2.45, 2.75) is 13.0 Å². The van der Waals surface area contributed by atoms with Gasteiger partial charge in [0.25, 0.3) is 0 Å². The van der Waals surface area contributed by atoms with Crippen LogP contribution in [0.25, 0.3) is 0 Å². The van der Waals surface area contributed by atoms with Crippen LogP contribution in [0.5, 0.6) is 0 Å². The first-order valence-electron chi connectivity index (χ1n) is 3.73. The quantitative estimate of drug-likeness (QED) is 0.526. The third-order valence-electron chi connectivity index (χ3n) is 1.95. The molecular weight excluding hydrogens is 128 g/mol. The molecule has 1 N–H and O–H groups in total. The molecule has 0 spiro atoms. The van der Waals surface area contributed by atoms with Crippen LogP contribution in [0, 0.1) is 0 Å². The number of nitrogens with one attached hydrogen (secondary N) is 1. The van der Waals surface area contributed by atoms with Gasteiger partial charge in [0.15, 0.2) is 0 Å². The molecule has 3 nitrogen and oxygen atoms in total. The minimum Gasteiger partial charge on any atom is -0.314 e. The van der Waals surface area contributed by atoms with Crippen LogP contribution >= 0.6 is 0 Å². The zero-order valence-electron chi connectivity index (χ0n) is 6.34. The molecular formula is C7H14N2O. The number of hydrogen-bond donors (Lipinski definition) is 1. The van der Waals surface area contributed by atoms with E-state index in [2.05, 4.69) is 17.1 Å². The topological polar surface area (TPSA) is 32.3 Å². The van der Waals surface area contributed by atoms with Gasteiger partial charge < -0.3 is 10.1 Å². The molecule has 1 atom stereocenters. The summed E-state index contributed by atoms with van der Waals surface area (Å²) in [4.78, 5) is 12.3. The number of piperazine rings is 1. The number of aldehydes is 1. The molecule has 1 rings (SSSR count). The lowest BCUT2D eigenvalue weighted by atomic mass is 10.2. The maximum atomic E-state index is 10.2. The number of rotatable bonds is 2. The second-order valence-electron chi connectivity index (χ2n) is 2.71. The Morgan fingerprint density at radius 3 is 3.20 bits per heavy atom. The number of carbonyl (C=O) groups excluding carboxylic acids is 1. The fourth-order valence-electron chi connectivity index (χ4n) is 1.25. The Morgan fingerprint density at radius 1 is 1.80 bits per heavy atom. The minimum absolute atomic E-state index is 0.513. The fraction of sp³-hybridized carbons (Fsp3) is 0.857. The van der Waals surface area contributed by atoms with Crippen LogP contribution < -0.4 is 5.32 Å². The van der Waals surface area contributed by atoms with Gasteiger partial charge in [-0.05, 0) is 6.92 Å². The van der Waals surface area contributed by atoms with Crippen LogP contribution in [0.1, 0.15) is 6.92 Å². The fourth-order valence-corrected chi connectivity index (χ4v) is 1.25. The SMILES string of the molecule is C[C@@H]1CNCCN1CC=O. The van der Waals surface area contributed by atoms with Gasteiger partial charge >= 0.3 is 0 Å². The van der Waals surface area contributed by atoms with Gasteiger partial charge in [-0.15, -0.1) is 0 Å². The largest absolute Gasteiger partial charge is 0.314 e. The van der Waals surface area contributed by atoms with E-state index in [0.29, 0.717) is 12.6 Å². The summed E-state index contributed by atoms with van der Waals surface area (Å²) in [6, 6.07) is 0.513. The second kappa shape index (κ2) is 3.68. The Balaban J connectivity index is 2.32. The van der Waals surface area contributed by atoms with Gasteiger partial charge in [-0.25, -0.2) is 0 Å². The van der Waals surface area contributed by atoms with E-state index in [1.54, 1.807) is 0 Å². The van der Waals surface area contributed by atoms with E-state index in [1.165, 1.54) is 0 Å². The van der Waals surface area contributed by atoms with Crippen molar-refractivity contribution in [1.82, 2.24) is 10.2 Å². The predicted molar refractivity (Wildman–Crippen MR) is 40.0 cm³/mol. The molecule has 1 saturated heterocycles. The van der Waals surface area contributed by atoms with Crippen LogP contribution in [0.3, 0.4) is 0 Å². The molecule has 0 unspecified atom stereocenters. The van der Waals surface area contributed by atoms with E-state index in [9.17, 15) is 4.79 Å². The molecule has 0 radical (unpaired) electrons. The van der Waals surface area contributed by atoms with Crippen LogP contribution in [-0.2, 0) is 4.79 Å². The van der Waals surface area contributed by atoms with E-state index < -0.39 is 0 Å². The van der Waals surface area contributed by atoms with Crippen molar-refractivity contribution in [3.05, 3.63) is 0 Å². The summed E-state index contributed by atoms with van der Waals surface area (Å²) in [5, 5.41) is 3.27. The maximum Gasteiger partial charge on any atom is 0.133 e. The molecule has 1 aliphatic heterocycles. The summed E-state index contributed by atoms with van der Waals surface area (Å²) in [5.41, 5.74) is 0. The zero-order valence-corrected chi connectivity index (χ0v) is 6.34. The minimum atomic E-state index is 0.513. The Hall–Kier alpha value is -0.410. The van der Waals surface area contributed by atoms with Crippen LogP contribution in [0.15, 0.2) is 0 Å². The molecule has 58 valence electrons. The molecule has 0 bridgehead atoms. The van der Waals surface area contributed by atoms with E-state index in [-0.39, 0.29) is 0 Å². The highest BCUT2D eigenvalue weighted by Gasteiger charge is 2.15. The summed E-state index contributed by atoms with van der Waals surface area (Å²) in [6.45, 7) is 5.74. The third kappa shape index (κ3) is 1.78. The van der Waals surface area contributed by atoms with Gasteiger partial charge in [0.05, 0.1) is 6.54 Å².